The molecule has 1 amide bonds. The summed E-state index contributed by atoms with van der Waals surface area (Å²) in [5.41, 5.74) is 0.885. The average molecular weight is 258 g/mol. The van der Waals surface area contributed by atoms with Gasteiger partial charge in [0.05, 0.1) is 6.04 Å². The number of halogens is 1. The zero-order valence-corrected chi connectivity index (χ0v) is 8.74. The molecule has 0 radical (unpaired) electrons. The summed E-state index contributed by atoms with van der Waals surface area (Å²) in [5.74, 6) is 0.734. The molecular weight excluding hydrogens is 250 g/mol. The number of hydrogen-bond acceptors (Lipinski definition) is 2. The van der Waals surface area contributed by atoms with Gasteiger partial charge in [0, 0.05) is 10.0 Å². The molecular formula is C9H8BrNO3. The highest BCUT2D eigenvalue weighted by molar-refractivity contribution is 9.10. The zero-order valence-electron chi connectivity index (χ0n) is 7.16. The molecule has 0 aliphatic carbocycles. The molecule has 74 valence electrons. The van der Waals surface area contributed by atoms with E-state index in [4.69, 9.17) is 9.84 Å². The van der Waals surface area contributed by atoms with Gasteiger partial charge in [-0.15, -0.1) is 0 Å². The van der Waals surface area contributed by atoms with Gasteiger partial charge in [0.1, 0.15) is 12.4 Å². The molecule has 1 aliphatic rings. The Kier molecular flexibility index (Phi) is 2.33. The van der Waals surface area contributed by atoms with Crippen molar-refractivity contribution in [2.75, 3.05) is 6.61 Å². The van der Waals surface area contributed by atoms with E-state index in [2.05, 4.69) is 21.2 Å². The van der Waals surface area contributed by atoms with Crippen LogP contribution in [-0.2, 0) is 0 Å². The van der Waals surface area contributed by atoms with E-state index in [0.717, 1.165) is 15.8 Å². The molecule has 14 heavy (non-hydrogen) atoms. The van der Waals surface area contributed by atoms with Crippen LogP contribution in [0.1, 0.15) is 11.6 Å². The van der Waals surface area contributed by atoms with Gasteiger partial charge >= 0.3 is 6.09 Å². The molecule has 1 aliphatic heterocycles. The van der Waals surface area contributed by atoms with Crippen LogP contribution >= 0.6 is 15.9 Å². The highest BCUT2D eigenvalue weighted by atomic mass is 79.9. The number of rotatable bonds is 1. The smallest absolute Gasteiger partial charge is 0.405 e. The maximum Gasteiger partial charge on any atom is 0.405 e. The Morgan fingerprint density at radius 2 is 2.43 bits per heavy atom. The van der Waals surface area contributed by atoms with Gasteiger partial charge in [0.15, 0.2) is 0 Å². The Labute approximate surface area is 89.0 Å². The van der Waals surface area contributed by atoms with Crippen molar-refractivity contribution in [2.45, 2.75) is 6.04 Å². The summed E-state index contributed by atoms with van der Waals surface area (Å²) in [6.45, 7) is 0.359. The molecule has 1 atom stereocenters. The topological polar surface area (TPSA) is 58.6 Å². The van der Waals surface area contributed by atoms with Crippen molar-refractivity contribution in [3.8, 4) is 5.75 Å². The van der Waals surface area contributed by atoms with Crippen LogP contribution < -0.4 is 10.1 Å². The van der Waals surface area contributed by atoms with E-state index in [-0.39, 0.29) is 6.04 Å². The van der Waals surface area contributed by atoms with Gasteiger partial charge in [0.2, 0.25) is 0 Å². The number of hydrogen-bond donors (Lipinski definition) is 2. The number of benzene rings is 1. The number of carbonyl (C=O) groups is 1. The van der Waals surface area contributed by atoms with E-state index in [1.807, 2.05) is 18.2 Å². The number of fused-ring (bicyclic) bond motifs is 1. The molecule has 1 aromatic carbocycles. The van der Waals surface area contributed by atoms with Crippen molar-refractivity contribution < 1.29 is 14.6 Å². The van der Waals surface area contributed by atoms with Crippen molar-refractivity contribution >= 4 is 22.0 Å². The first-order valence-electron chi connectivity index (χ1n) is 4.08. The summed E-state index contributed by atoms with van der Waals surface area (Å²) in [5, 5.41) is 11.0. The number of ether oxygens (including phenoxy) is 1. The third-order valence-electron chi connectivity index (χ3n) is 2.05. The predicted octanol–water partition coefficient (Wildman–Crippen LogP) is 2.15. The van der Waals surface area contributed by atoms with Crippen LogP contribution in [0.5, 0.6) is 5.75 Å². The molecule has 2 N–H and O–H groups in total. The van der Waals surface area contributed by atoms with Gasteiger partial charge in [-0.25, -0.2) is 4.79 Å². The van der Waals surface area contributed by atoms with Gasteiger partial charge < -0.3 is 15.2 Å². The molecule has 0 saturated carbocycles. The second kappa shape index (κ2) is 3.49. The fourth-order valence-electron chi connectivity index (χ4n) is 1.45. The molecule has 4 nitrogen and oxygen atoms in total. The highest BCUT2D eigenvalue weighted by Crippen LogP contribution is 2.34. The minimum atomic E-state index is -1.03. The molecule has 1 heterocycles. The maximum atomic E-state index is 10.5. The Bertz CT molecular complexity index is 380. The quantitative estimate of drug-likeness (QED) is 0.811. The van der Waals surface area contributed by atoms with Crippen LogP contribution in [0, 0.1) is 0 Å². The SMILES string of the molecule is O=C(O)N[C@H]1COc2cc(Br)ccc21. The fourth-order valence-corrected chi connectivity index (χ4v) is 1.79. The first-order valence-corrected chi connectivity index (χ1v) is 4.88. The lowest BCUT2D eigenvalue weighted by Gasteiger charge is -2.07. The minimum absolute atomic E-state index is 0.254. The van der Waals surface area contributed by atoms with Gasteiger partial charge in [-0.05, 0) is 12.1 Å². The Hall–Kier alpha value is -1.23. The van der Waals surface area contributed by atoms with E-state index >= 15 is 0 Å². The molecule has 5 heteroatoms. The van der Waals surface area contributed by atoms with E-state index in [1.54, 1.807) is 0 Å². The normalized spacial score (nSPS) is 18.5. The number of amides is 1. The second-order valence-electron chi connectivity index (χ2n) is 3.00. The van der Waals surface area contributed by atoms with E-state index in [1.165, 1.54) is 0 Å². The van der Waals surface area contributed by atoms with E-state index in [9.17, 15) is 4.79 Å². The van der Waals surface area contributed by atoms with Gasteiger partial charge in [-0.3, -0.25) is 0 Å². The van der Waals surface area contributed by atoms with Crippen molar-refractivity contribution in [2.24, 2.45) is 0 Å². The van der Waals surface area contributed by atoms with Crippen molar-refractivity contribution in [1.82, 2.24) is 5.32 Å². The average Bonchev–Trinajstić information content (AvgIpc) is 2.47. The number of carboxylic acid groups (broad SMARTS) is 1. The third-order valence-corrected chi connectivity index (χ3v) is 2.55. The lowest BCUT2D eigenvalue weighted by molar-refractivity contribution is 0.186. The minimum Gasteiger partial charge on any atom is -0.491 e. The lowest BCUT2D eigenvalue weighted by atomic mass is 10.1. The molecule has 0 aromatic heterocycles. The summed E-state index contributed by atoms with van der Waals surface area (Å²) in [6.07, 6.45) is -1.03. The van der Waals surface area contributed by atoms with Crippen molar-refractivity contribution in [3.63, 3.8) is 0 Å². The number of nitrogens with one attached hydrogen (secondary N) is 1. The van der Waals surface area contributed by atoms with Crippen LogP contribution in [0.15, 0.2) is 22.7 Å². The molecule has 0 saturated heterocycles. The highest BCUT2D eigenvalue weighted by Gasteiger charge is 2.25. The maximum absolute atomic E-state index is 10.5. The first-order chi connectivity index (χ1) is 6.66. The second-order valence-corrected chi connectivity index (χ2v) is 3.91. The Morgan fingerprint density at radius 1 is 1.64 bits per heavy atom. The molecule has 1 aromatic rings. The molecule has 2 rings (SSSR count). The standard InChI is InChI=1S/C9H8BrNO3/c10-5-1-2-6-7(11-9(12)13)4-14-8(6)3-5/h1-3,7,11H,4H2,(H,12,13)/t7-/m0/s1. The summed E-state index contributed by atoms with van der Waals surface area (Å²) in [4.78, 5) is 10.5. The summed E-state index contributed by atoms with van der Waals surface area (Å²) >= 11 is 3.32. The third kappa shape index (κ3) is 1.68. The van der Waals surface area contributed by atoms with Crippen molar-refractivity contribution in [1.29, 1.82) is 0 Å². The van der Waals surface area contributed by atoms with Crippen LogP contribution in [-0.4, -0.2) is 17.8 Å². The van der Waals surface area contributed by atoms with Crippen LogP contribution in [0.3, 0.4) is 0 Å². The largest absolute Gasteiger partial charge is 0.491 e. The van der Waals surface area contributed by atoms with E-state index < -0.39 is 6.09 Å². The van der Waals surface area contributed by atoms with Crippen LogP contribution in [0.2, 0.25) is 0 Å². The van der Waals surface area contributed by atoms with Gasteiger partial charge in [-0.2, -0.15) is 0 Å². The van der Waals surface area contributed by atoms with Crippen LogP contribution in [0.25, 0.3) is 0 Å². The molecule has 0 bridgehead atoms. The molecule has 0 fully saturated rings. The zero-order chi connectivity index (χ0) is 10.1. The summed E-state index contributed by atoms with van der Waals surface area (Å²) < 4.78 is 6.26. The summed E-state index contributed by atoms with van der Waals surface area (Å²) in [7, 11) is 0. The Morgan fingerprint density at radius 3 is 3.14 bits per heavy atom. The first kappa shape index (κ1) is 9.33. The van der Waals surface area contributed by atoms with E-state index in [0.29, 0.717) is 6.61 Å². The van der Waals surface area contributed by atoms with Crippen LogP contribution in [0.4, 0.5) is 4.79 Å². The fraction of sp³-hybridized carbons (Fsp3) is 0.222. The van der Waals surface area contributed by atoms with Gasteiger partial charge in [0.25, 0.3) is 0 Å². The summed E-state index contributed by atoms with van der Waals surface area (Å²) in [6, 6.07) is 5.30. The lowest BCUT2D eigenvalue weighted by Crippen LogP contribution is -2.27. The predicted molar refractivity (Wildman–Crippen MR) is 53.5 cm³/mol. The van der Waals surface area contributed by atoms with Gasteiger partial charge in [-0.1, -0.05) is 22.0 Å². The monoisotopic (exact) mass is 257 g/mol. The Balaban J connectivity index is 2.26. The molecule has 0 spiro atoms. The van der Waals surface area contributed by atoms with Crippen molar-refractivity contribution in [3.05, 3.63) is 28.2 Å². The molecule has 0 unspecified atom stereocenters.